The number of carbonyl (C=O) groups is 2. The van der Waals surface area contributed by atoms with Crippen molar-refractivity contribution in [3.05, 3.63) is 71.2 Å². The molecule has 0 bridgehead atoms. The van der Waals surface area contributed by atoms with E-state index in [9.17, 15) is 9.59 Å². The number of piperazine rings is 1. The van der Waals surface area contributed by atoms with Crippen LogP contribution in [0, 0.1) is 6.92 Å². The Kier molecular flexibility index (Phi) is 6.47. The van der Waals surface area contributed by atoms with Gasteiger partial charge in [-0.2, -0.15) is 0 Å². The highest BCUT2D eigenvalue weighted by atomic mass is 32.1. The van der Waals surface area contributed by atoms with Crippen LogP contribution >= 0.6 is 11.3 Å². The number of rotatable bonds is 5. The van der Waals surface area contributed by atoms with E-state index in [-0.39, 0.29) is 18.4 Å². The van der Waals surface area contributed by atoms with Gasteiger partial charge >= 0.3 is 6.03 Å². The fourth-order valence-electron chi connectivity index (χ4n) is 3.46. The van der Waals surface area contributed by atoms with E-state index < -0.39 is 0 Å². The smallest absolute Gasteiger partial charge is 0.325 e. The second-order valence-corrected chi connectivity index (χ2v) is 8.33. The number of nitrogens with zero attached hydrogens (tertiary/aromatic N) is 3. The molecule has 4 rings (SSSR count). The summed E-state index contributed by atoms with van der Waals surface area (Å²) in [4.78, 5) is 33.4. The zero-order valence-electron chi connectivity index (χ0n) is 17.4. The molecule has 3 amide bonds. The molecule has 160 valence electrons. The number of carbonyl (C=O) groups excluding carboxylic acids is 2. The molecule has 2 heterocycles. The molecule has 8 heteroatoms. The van der Waals surface area contributed by atoms with Gasteiger partial charge < -0.3 is 15.1 Å². The second kappa shape index (κ2) is 9.61. The van der Waals surface area contributed by atoms with Crippen LogP contribution in [0.5, 0.6) is 0 Å². The minimum absolute atomic E-state index is 0.0636. The number of aryl methyl sites for hydroxylation is 1. The van der Waals surface area contributed by atoms with E-state index >= 15 is 0 Å². The Hall–Kier alpha value is -3.39. The number of benzene rings is 2. The van der Waals surface area contributed by atoms with Gasteiger partial charge in [-0.25, -0.2) is 9.78 Å². The summed E-state index contributed by atoms with van der Waals surface area (Å²) in [5.74, 6) is 0.0636. The van der Waals surface area contributed by atoms with Crippen molar-refractivity contribution in [3.8, 4) is 0 Å². The summed E-state index contributed by atoms with van der Waals surface area (Å²) in [6.45, 7) is 5.02. The number of hydrogen-bond acceptors (Lipinski definition) is 5. The van der Waals surface area contributed by atoms with E-state index in [1.54, 1.807) is 0 Å². The lowest BCUT2D eigenvalue weighted by Gasteiger charge is -2.36. The summed E-state index contributed by atoms with van der Waals surface area (Å²) < 4.78 is 0. The lowest BCUT2D eigenvalue weighted by Crippen LogP contribution is -2.49. The maximum absolute atomic E-state index is 12.7. The van der Waals surface area contributed by atoms with Crippen molar-refractivity contribution in [3.63, 3.8) is 0 Å². The second-order valence-electron chi connectivity index (χ2n) is 7.47. The van der Waals surface area contributed by atoms with Crippen molar-refractivity contribution in [2.75, 3.05) is 41.7 Å². The quantitative estimate of drug-likeness (QED) is 0.635. The fraction of sp³-hybridized carbons (Fsp3) is 0.261. The van der Waals surface area contributed by atoms with Crippen LogP contribution in [0.15, 0.2) is 60.0 Å². The van der Waals surface area contributed by atoms with Gasteiger partial charge in [0.05, 0.1) is 12.1 Å². The normalized spacial score (nSPS) is 13.7. The number of amides is 3. The highest BCUT2D eigenvalue weighted by Gasteiger charge is 2.22. The molecular weight excluding hydrogens is 410 g/mol. The summed E-state index contributed by atoms with van der Waals surface area (Å²) in [5, 5.41) is 7.79. The molecule has 2 N–H and O–H groups in total. The summed E-state index contributed by atoms with van der Waals surface area (Å²) in [6, 6.07) is 17.5. The SMILES string of the molecule is Cc1ccc(NC(=O)Nc2nc(CC(=O)N3CCN(c4ccccc4)CC3)cs2)cc1. The van der Waals surface area contributed by atoms with Gasteiger partial charge in [0.25, 0.3) is 0 Å². The van der Waals surface area contributed by atoms with E-state index in [1.807, 2.05) is 59.7 Å². The molecule has 1 fully saturated rings. The first-order chi connectivity index (χ1) is 15.1. The van der Waals surface area contributed by atoms with E-state index in [4.69, 9.17) is 0 Å². The molecule has 2 aromatic carbocycles. The molecule has 31 heavy (non-hydrogen) atoms. The maximum Gasteiger partial charge on any atom is 0.325 e. The number of anilines is 3. The molecule has 1 aliphatic rings. The first-order valence-electron chi connectivity index (χ1n) is 10.2. The van der Waals surface area contributed by atoms with Crippen LogP contribution in [-0.4, -0.2) is 48.0 Å². The third-order valence-corrected chi connectivity index (χ3v) is 5.97. The van der Waals surface area contributed by atoms with Crippen molar-refractivity contribution < 1.29 is 9.59 Å². The van der Waals surface area contributed by atoms with Crippen LogP contribution in [0.25, 0.3) is 0 Å². The third kappa shape index (κ3) is 5.61. The Morgan fingerprint density at radius 1 is 0.968 bits per heavy atom. The van der Waals surface area contributed by atoms with Crippen LogP contribution in [0.3, 0.4) is 0 Å². The Balaban J connectivity index is 1.25. The van der Waals surface area contributed by atoms with Crippen LogP contribution in [0.4, 0.5) is 21.3 Å². The van der Waals surface area contributed by atoms with Crippen molar-refractivity contribution in [1.82, 2.24) is 9.88 Å². The number of thiazole rings is 1. The lowest BCUT2D eigenvalue weighted by molar-refractivity contribution is -0.130. The van der Waals surface area contributed by atoms with E-state index in [0.29, 0.717) is 29.6 Å². The Morgan fingerprint density at radius 3 is 2.39 bits per heavy atom. The minimum Gasteiger partial charge on any atom is -0.368 e. The first-order valence-corrected chi connectivity index (χ1v) is 11.1. The molecule has 0 spiro atoms. The van der Waals surface area contributed by atoms with Crippen LogP contribution in [0.1, 0.15) is 11.3 Å². The fourth-order valence-corrected chi connectivity index (χ4v) is 4.17. The molecule has 1 aromatic heterocycles. The standard InChI is InChI=1S/C23H25N5O2S/c1-17-7-9-18(10-8-17)24-22(30)26-23-25-19(16-31-23)15-21(29)28-13-11-27(12-14-28)20-5-3-2-4-6-20/h2-10,16H,11-15H2,1H3,(H2,24,25,26,30). The predicted octanol–water partition coefficient (Wildman–Crippen LogP) is 3.99. The van der Waals surface area contributed by atoms with Gasteiger partial charge in [0.15, 0.2) is 5.13 Å². The zero-order valence-corrected chi connectivity index (χ0v) is 18.2. The van der Waals surface area contributed by atoms with E-state index in [1.165, 1.54) is 17.0 Å². The van der Waals surface area contributed by atoms with E-state index in [0.717, 1.165) is 18.7 Å². The minimum atomic E-state index is -0.354. The highest BCUT2D eigenvalue weighted by molar-refractivity contribution is 7.14. The van der Waals surface area contributed by atoms with Crippen LogP contribution < -0.4 is 15.5 Å². The molecule has 0 aliphatic carbocycles. The number of hydrogen-bond donors (Lipinski definition) is 2. The highest BCUT2D eigenvalue weighted by Crippen LogP contribution is 2.19. The predicted molar refractivity (Wildman–Crippen MR) is 125 cm³/mol. The number of urea groups is 1. The summed E-state index contributed by atoms with van der Waals surface area (Å²) in [6.07, 6.45) is 0.239. The summed E-state index contributed by atoms with van der Waals surface area (Å²) >= 11 is 1.32. The van der Waals surface area contributed by atoms with Crippen molar-refractivity contribution in [2.45, 2.75) is 13.3 Å². The average Bonchev–Trinajstić information content (AvgIpc) is 3.22. The maximum atomic E-state index is 12.7. The number of nitrogens with one attached hydrogen (secondary N) is 2. The van der Waals surface area contributed by atoms with E-state index in [2.05, 4.69) is 32.7 Å². The molecule has 1 saturated heterocycles. The van der Waals surface area contributed by atoms with Gasteiger partial charge in [-0.1, -0.05) is 35.9 Å². The van der Waals surface area contributed by atoms with Gasteiger partial charge in [0.2, 0.25) is 5.91 Å². The monoisotopic (exact) mass is 435 g/mol. The van der Waals surface area contributed by atoms with Gasteiger partial charge in [0.1, 0.15) is 0 Å². The number of aromatic nitrogens is 1. The largest absolute Gasteiger partial charge is 0.368 e. The topological polar surface area (TPSA) is 77.6 Å². The molecule has 0 atom stereocenters. The summed E-state index contributed by atoms with van der Waals surface area (Å²) in [7, 11) is 0. The summed E-state index contributed by atoms with van der Waals surface area (Å²) in [5.41, 5.74) is 3.70. The van der Waals surface area contributed by atoms with Crippen LogP contribution in [-0.2, 0) is 11.2 Å². The Bertz CT molecular complexity index is 1030. The lowest BCUT2D eigenvalue weighted by atomic mass is 10.2. The molecule has 0 radical (unpaired) electrons. The van der Waals surface area contributed by atoms with Crippen molar-refractivity contribution >= 4 is 39.8 Å². The van der Waals surface area contributed by atoms with Gasteiger partial charge in [-0.05, 0) is 31.2 Å². The van der Waals surface area contributed by atoms with Crippen molar-refractivity contribution in [2.24, 2.45) is 0 Å². The Labute approximate surface area is 185 Å². The van der Waals surface area contributed by atoms with Gasteiger partial charge in [-0.3, -0.25) is 10.1 Å². The number of para-hydroxylation sites is 1. The van der Waals surface area contributed by atoms with Gasteiger partial charge in [-0.15, -0.1) is 11.3 Å². The van der Waals surface area contributed by atoms with Crippen LogP contribution in [0.2, 0.25) is 0 Å². The molecule has 1 aliphatic heterocycles. The molecule has 0 saturated carbocycles. The Morgan fingerprint density at radius 2 is 1.68 bits per heavy atom. The molecule has 3 aromatic rings. The molecule has 7 nitrogen and oxygen atoms in total. The molecule has 0 unspecified atom stereocenters. The van der Waals surface area contributed by atoms with Crippen molar-refractivity contribution in [1.29, 1.82) is 0 Å². The zero-order chi connectivity index (χ0) is 21.6. The molecular formula is C23H25N5O2S. The first kappa shape index (κ1) is 20.9. The third-order valence-electron chi connectivity index (χ3n) is 5.17. The van der Waals surface area contributed by atoms with Gasteiger partial charge in [0, 0.05) is 42.9 Å². The average molecular weight is 436 g/mol.